The molecule has 1 rings (SSSR count). The molecule has 11 heavy (non-hydrogen) atoms. The lowest BCUT2D eigenvalue weighted by atomic mass is 9.87. The second-order valence-electron chi connectivity index (χ2n) is 3.39. The van der Waals surface area contributed by atoms with Crippen molar-refractivity contribution in [1.29, 1.82) is 0 Å². The van der Waals surface area contributed by atoms with Gasteiger partial charge in [-0.3, -0.25) is 0 Å². The molecule has 0 aromatic rings. The average molecular weight is 154 g/mol. The summed E-state index contributed by atoms with van der Waals surface area (Å²) in [7, 11) is 0. The van der Waals surface area contributed by atoms with Crippen LogP contribution < -0.4 is 0 Å². The van der Waals surface area contributed by atoms with E-state index in [2.05, 4.69) is 6.08 Å². The molecule has 1 aliphatic carbocycles. The standard InChI is InChI=1S/C10H18O/c11-9-5-4-8-10-6-2-1-3-7-10/h4-5,10-11H,1-3,6-9H2/b5-4+. The average Bonchev–Trinajstić information content (AvgIpc) is 2.07. The molecule has 1 saturated carbocycles. The molecule has 0 aliphatic heterocycles. The predicted molar refractivity (Wildman–Crippen MR) is 47.4 cm³/mol. The van der Waals surface area contributed by atoms with Gasteiger partial charge in [-0.1, -0.05) is 44.3 Å². The van der Waals surface area contributed by atoms with Gasteiger partial charge >= 0.3 is 0 Å². The largest absolute Gasteiger partial charge is 0.392 e. The van der Waals surface area contributed by atoms with Gasteiger partial charge in [-0.2, -0.15) is 0 Å². The van der Waals surface area contributed by atoms with Crippen LogP contribution in [0.15, 0.2) is 12.2 Å². The summed E-state index contributed by atoms with van der Waals surface area (Å²) in [5.74, 6) is 0.909. The normalized spacial score (nSPS) is 21.2. The molecule has 1 heteroatoms. The number of hydrogen-bond donors (Lipinski definition) is 1. The number of rotatable bonds is 3. The third-order valence-electron chi connectivity index (χ3n) is 2.47. The van der Waals surface area contributed by atoms with E-state index in [0.717, 1.165) is 5.92 Å². The third kappa shape index (κ3) is 3.57. The van der Waals surface area contributed by atoms with Crippen LogP contribution in [-0.2, 0) is 0 Å². The van der Waals surface area contributed by atoms with E-state index in [1.807, 2.05) is 6.08 Å². The van der Waals surface area contributed by atoms with Gasteiger partial charge in [-0.15, -0.1) is 0 Å². The van der Waals surface area contributed by atoms with Crippen LogP contribution in [0, 0.1) is 5.92 Å². The molecule has 0 saturated heterocycles. The van der Waals surface area contributed by atoms with Crippen LogP contribution in [-0.4, -0.2) is 11.7 Å². The van der Waals surface area contributed by atoms with Gasteiger partial charge in [0.2, 0.25) is 0 Å². The highest BCUT2D eigenvalue weighted by molar-refractivity contribution is 4.84. The highest BCUT2D eigenvalue weighted by Crippen LogP contribution is 2.26. The van der Waals surface area contributed by atoms with E-state index in [-0.39, 0.29) is 6.61 Å². The van der Waals surface area contributed by atoms with Gasteiger partial charge in [0.1, 0.15) is 0 Å². The molecule has 0 aromatic heterocycles. The van der Waals surface area contributed by atoms with Crippen LogP contribution in [0.25, 0.3) is 0 Å². The minimum absolute atomic E-state index is 0.201. The molecule has 64 valence electrons. The first-order valence-electron chi connectivity index (χ1n) is 4.69. The van der Waals surface area contributed by atoms with E-state index in [4.69, 9.17) is 5.11 Å². The fraction of sp³-hybridized carbons (Fsp3) is 0.800. The molecule has 0 amide bonds. The van der Waals surface area contributed by atoms with Crippen molar-refractivity contribution in [2.24, 2.45) is 5.92 Å². The van der Waals surface area contributed by atoms with Crippen molar-refractivity contribution in [3.8, 4) is 0 Å². The second-order valence-corrected chi connectivity index (χ2v) is 3.39. The molecule has 0 atom stereocenters. The van der Waals surface area contributed by atoms with Crippen molar-refractivity contribution in [1.82, 2.24) is 0 Å². The quantitative estimate of drug-likeness (QED) is 0.619. The summed E-state index contributed by atoms with van der Waals surface area (Å²) in [6.45, 7) is 0.201. The molecular formula is C10H18O. The fourth-order valence-corrected chi connectivity index (χ4v) is 1.79. The monoisotopic (exact) mass is 154 g/mol. The summed E-state index contributed by atoms with van der Waals surface area (Å²) in [6.07, 6.45) is 12.2. The Morgan fingerprint density at radius 1 is 1.09 bits per heavy atom. The lowest BCUT2D eigenvalue weighted by Crippen LogP contribution is -2.04. The first-order valence-corrected chi connectivity index (χ1v) is 4.69. The molecule has 0 heterocycles. The number of hydrogen-bond acceptors (Lipinski definition) is 1. The molecular weight excluding hydrogens is 136 g/mol. The summed E-state index contributed by atoms with van der Waals surface area (Å²) in [5, 5.41) is 8.51. The maximum absolute atomic E-state index is 8.51. The molecule has 0 spiro atoms. The van der Waals surface area contributed by atoms with E-state index < -0.39 is 0 Å². The van der Waals surface area contributed by atoms with Crippen LogP contribution in [0.3, 0.4) is 0 Å². The topological polar surface area (TPSA) is 20.2 Å². The maximum Gasteiger partial charge on any atom is 0.0612 e. The van der Waals surface area contributed by atoms with Crippen molar-refractivity contribution in [3.05, 3.63) is 12.2 Å². The lowest BCUT2D eigenvalue weighted by molar-refractivity contribution is 0.339. The summed E-state index contributed by atoms with van der Waals surface area (Å²) in [4.78, 5) is 0. The number of aliphatic hydroxyl groups is 1. The van der Waals surface area contributed by atoms with Gasteiger partial charge < -0.3 is 5.11 Å². The van der Waals surface area contributed by atoms with Crippen LogP contribution in [0.1, 0.15) is 38.5 Å². The lowest BCUT2D eigenvalue weighted by Gasteiger charge is -2.19. The Hall–Kier alpha value is -0.300. The molecule has 0 aromatic carbocycles. The Bertz CT molecular complexity index is 112. The first kappa shape index (κ1) is 8.79. The van der Waals surface area contributed by atoms with Gasteiger partial charge in [0.25, 0.3) is 0 Å². The van der Waals surface area contributed by atoms with E-state index in [1.165, 1.54) is 38.5 Å². The number of allylic oxidation sites excluding steroid dienone is 1. The molecule has 1 aliphatic rings. The van der Waals surface area contributed by atoms with Gasteiger partial charge in [0, 0.05) is 0 Å². The van der Waals surface area contributed by atoms with Crippen LogP contribution in [0.5, 0.6) is 0 Å². The van der Waals surface area contributed by atoms with Crippen LogP contribution in [0.4, 0.5) is 0 Å². The van der Waals surface area contributed by atoms with Crippen molar-refractivity contribution in [2.45, 2.75) is 38.5 Å². The molecule has 1 N–H and O–H groups in total. The second kappa shape index (κ2) is 5.36. The van der Waals surface area contributed by atoms with E-state index in [1.54, 1.807) is 0 Å². The van der Waals surface area contributed by atoms with Gasteiger partial charge in [0.15, 0.2) is 0 Å². The Morgan fingerprint density at radius 2 is 1.82 bits per heavy atom. The van der Waals surface area contributed by atoms with Crippen molar-refractivity contribution >= 4 is 0 Å². The third-order valence-corrected chi connectivity index (χ3v) is 2.47. The zero-order valence-corrected chi connectivity index (χ0v) is 7.13. The molecule has 1 fully saturated rings. The first-order chi connectivity index (χ1) is 5.43. The van der Waals surface area contributed by atoms with Crippen LogP contribution >= 0.6 is 0 Å². The van der Waals surface area contributed by atoms with Gasteiger partial charge in [-0.25, -0.2) is 0 Å². The predicted octanol–water partition coefficient (Wildman–Crippen LogP) is 2.51. The minimum Gasteiger partial charge on any atom is -0.392 e. The SMILES string of the molecule is OC/C=C/CC1CCCCC1. The molecule has 0 radical (unpaired) electrons. The Labute approximate surface area is 69.1 Å². The highest BCUT2D eigenvalue weighted by Gasteiger charge is 2.10. The zero-order chi connectivity index (χ0) is 7.94. The number of aliphatic hydroxyl groups excluding tert-OH is 1. The summed E-state index contributed by atoms with van der Waals surface area (Å²) in [5.41, 5.74) is 0. The summed E-state index contributed by atoms with van der Waals surface area (Å²) < 4.78 is 0. The minimum atomic E-state index is 0.201. The summed E-state index contributed by atoms with van der Waals surface area (Å²) >= 11 is 0. The van der Waals surface area contributed by atoms with E-state index in [9.17, 15) is 0 Å². The van der Waals surface area contributed by atoms with E-state index in [0.29, 0.717) is 0 Å². The Morgan fingerprint density at radius 3 is 2.45 bits per heavy atom. The van der Waals surface area contributed by atoms with E-state index >= 15 is 0 Å². The molecule has 1 nitrogen and oxygen atoms in total. The molecule has 0 bridgehead atoms. The Kier molecular flexibility index (Phi) is 4.29. The molecule has 0 unspecified atom stereocenters. The van der Waals surface area contributed by atoms with Crippen molar-refractivity contribution in [2.75, 3.05) is 6.61 Å². The summed E-state index contributed by atoms with van der Waals surface area (Å²) in [6, 6.07) is 0. The van der Waals surface area contributed by atoms with Crippen molar-refractivity contribution in [3.63, 3.8) is 0 Å². The fourth-order valence-electron chi connectivity index (χ4n) is 1.79. The van der Waals surface area contributed by atoms with Crippen LogP contribution in [0.2, 0.25) is 0 Å². The van der Waals surface area contributed by atoms with Gasteiger partial charge in [0.05, 0.1) is 6.61 Å². The van der Waals surface area contributed by atoms with Crippen molar-refractivity contribution < 1.29 is 5.11 Å². The highest BCUT2D eigenvalue weighted by atomic mass is 16.2. The smallest absolute Gasteiger partial charge is 0.0612 e. The van der Waals surface area contributed by atoms with Gasteiger partial charge in [-0.05, 0) is 12.3 Å². The zero-order valence-electron chi connectivity index (χ0n) is 7.13. The maximum atomic E-state index is 8.51. The Balaban J connectivity index is 2.09.